The second kappa shape index (κ2) is 6.53. The Morgan fingerprint density at radius 1 is 1.32 bits per heavy atom. The predicted molar refractivity (Wildman–Crippen MR) is 63.2 cm³/mol. The summed E-state index contributed by atoms with van der Waals surface area (Å²) in [5.41, 5.74) is 6.38. The summed E-state index contributed by atoms with van der Waals surface area (Å²) in [5.74, 6) is -0.729. The molecule has 0 aliphatic heterocycles. The molecule has 1 rings (SSSR count). The number of carbonyl (C=O) groups excluding carboxylic acids is 1. The second-order valence-electron chi connectivity index (χ2n) is 4.10. The molecule has 0 saturated carbocycles. The van der Waals surface area contributed by atoms with Gasteiger partial charge in [0.1, 0.15) is 0 Å². The normalized spacial score (nSPS) is 14.8. The monoisotopic (exact) mass is 276 g/mol. The number of rotatable bonds is 5. The lowest BCUT2D eigenvalue weighted by molar-refractivity contribution is -0.201. The van der Waals surface area contributed by atoms with Crippen molar-refractivity contribution < 1.29 is 23.1 Å². The first-order valence-corrected chi connectivity index (χ1v) is 5.62. The molecule has 0 radical (unpaired) electrons. The van der Waals surface area contributed by atoms with Crippen molar-refractivity contribution in [3.05, 3.63) is 35.9 Å². The number of hydrogen-bond donors (Lipinski definition) is 3. The maximum atomic E-state index is 12.0. The van der Waals surface area contributed by atoms with E-state index in [1.807, 2.05) is 5.32 Å². The number of alkyl halides is 3. The van der Waals surface area contributed by atoms with Crippen LogP contribution in [0.25, 0.3) is 0 Å². The molecule has 0 saturated heterocycles. The van der Waals surface area contributed by atoms with Crippen LogP contribution in [0.4, 0.5) is 13.2 Å². The van der Waals surface area contributed by atoms with E-state index in [4.69, 9.17) is 10.8 Å². The van der Waals surface area contributed by atoms with E-state index < -0.39 is 30.8 Å². The van der Waals surface area contributed by atoms with Crippen LogP contribution in [0.5, 0.6) is 0 Å². The molecule has 0 aliphatic rings. The molecule has 19 heavy (non-hydrogen) atoms. The minimum atomic E-state index is -4.75. The molecule has 4 nitrogen and oxygen atoms in total. The fourth-order valence-corrected chi connectivity index (χ4v) is 1.40. The van der Waals surface area contributed by atoms with Crippen LogP contribution in [0.1, 0.15) is 5.56 Å². The van der Waals surface area contributed by atoms with Gasteiger partial charge >= 0.3 is 6.18 Å². The average molecular weight is 276 g/mol. The smallest absolute Gasteiger partial charge is 0.382 e. The lowest BCUT2D eigenvalue weighted by atomic mass is 10.1. The minimum absolute atomic E-state index is 0.217. The number of carbonyl (C=O) groups is 1. The molecular formula is C12H15F3N2O2. The summed E-state index contributed by atoms with van der Waals surface area (Å²) in [6.45, 7) is -0.898. The first kappa shape index (κ1) is 15.5. The van der Waals surface area contributed by atoms with Crippen molar-refractivity contribution in [3.8, 4) is 0 Å². The minimum Gasteiger partial charge on any atom is -0.382 e. The van der Waals surface area contributed by atoms with Gasteiger partial charge in [-0.3, -0.25) is 4.79 Å². The summed E-state index contributed by atoms with van der Waals surface area (Å²) in [7, 11) is 0. The zero-order chi connectivity index (χ0) is 14.5. The number of nitrogens with one attached hydrogen (secondary N) is 1. The quantitative estimate of drug-likeness (QED) is 0.737. The zero-order valence-corrected chi connectivity index (χ0v) is 10.0. The number of aliphatic hydroxyl groups is 1. The van der Waals surface area contributed by atoms with Crippen LogP contribution in [0.3, 0.4) is 0 Å². The number of hydrogen-bond acceptors (Lipinski definition) is 3. The van der Waals surface area contributed by atoms with Gasteiger partial charge in [-0.15, -0.1) is 0 Å². The third-order valence-corrected chi connectivity index (χ3v) is 2.48. The Labute approximate surface area is 108 Å². The Balaban J connectivity index is 2.41. The van der Waals surface area contributed by atoms with Crippen molar-refractivity contribution in [3.63, 3.8) is 0 Å². The van der Waals surface area contributed by atoms with Gasteiger partial charge in [0, 0.05) is 0 Å². The highest BCUT2D eigenvalue weighted by Gasteiger charge is 2.38. The highest BCUT2D eigenvalue weighted by molar-refractivity contribution is 5.81. The lowest BCUT2D eigenvalue weighted by Crippen LogP contribution is -2.47. The van der Waals surface area contributed by atoms with E-state index in [1.54, 1.807) is 30.3 Å². The van der Waals surface area contributed by atoms with Crippen molar-refractivity contribution in [2.24, 2.45) is 5.73 Å². The number of benzene rings is 1. The Morgan fingerprint density at radius 3 is 2.42 bits per heavy atom. The molecule has 0 fully saturated rings. The summed E-state index contributed by atoms with van der Waals surface area (Å²) < 4.78 is 36.0. The van der Waals surface area contributed by atoms with Crippen LogP contribution in [-0.2, 0) is 11.2 Å². The summed E-state index contributed by atoms with van der Waals surface area (Å²) in [4.78, 5) is 11.5. The molecular weight excluding hydrogens is 261 g/mol. The van der Waals surface area contributed by atoms with Gasteiger partial charge in [0.25, 0.3) is 0 Å². The molecule has 7 heteroatoms. The van der Waals surface area contributed by atoms with Crippen molar-refractivity contribution >= 4 is 5.91 Å². The zero-order valence-electron chi connectivity index (χ0n) is 10.0. The third kappa shape index (κ3) is 5.27. The molecule has 1 aromatic rings. The van der Waals surface area contributed by atoms with Crippen LogP contribution < -0.4 is 11.1 Å². The predicted octanol–water partition coefficient (Wildman–Crippen LogP) is 0.596. The summed E-state index contributed by atoms with van der Waals surface area (Å²) >= 11 is 0. The summed E-state index contributed by atoms with van der Waals surface area (Å²) in [5, 5.41) is 10.7. The highest BCUT2D eigenvalue weighted by Crippen LogP contribution is 2.19. The van der Waals surface area contributed by atoms with Crippen molar-refractivity contribution in [1.29, 1.82) is 0 Å². The Bertz CT molecular complexity index is 409. The van der Waals surface area contributed by atoms with Gasteiger partial charge in [-0.1, -0.05) is 30.3 Å². The van der Waals surface area contributed by atoms with E-state index >= 15 is 0 Å². The van der Waals surface area contributed by atoms with E-state index in [1.165, 1.54) is 0 Å². The van der Waals surface area contributed by atoms with E-state index in [2.05, 4.69) is 0 Å². The van der Waals surface area contributed by atoms with Crippen LogP contribution in [0.15, 0.2) is 30.3 Å². The maximum absolute atomic E-state index is 12.0. The van der Waals surface area contributed by atoms with Crippen LogP contribution in [0.2, 0.25) is 0 Å². The van der Waals surface area contributed by atoms with Gasteiger partial charge in [-0.2, -0.15) is 13.2 Å². The lowest BCUT2D eigenvalue weighted by Gasteiger charge is -2.17. The molecule has 4 N–H and O–H groups in total. The molecule has 1 aromatic carbocycles. The number of halogens is 3. The van der Waals surface area contributed by atoms with Crippen LogP contribution >= 0.6 is 0 Å². The molecule has 1 unspecified atom stereocenters. The van der Waals surface area contributed by atoms with Gasteiger partial charge in [-0.05, 0) is 12.0 Å². The first-order chi connectivity index (χ1) is 8.80. The molecule has 0 aliphatic carbocycles. The molecule has 0 heterocycles. The molecule has 0 spiro atoms. The third-order valence-electron chi connectivity index (χ3n) is 2.48. The topological polar surface area (TPSA) is 75.4 Å². The highest BCUT2D eigenvalue weighted by atomic mass is 19.4. The first-order valence-electron chi connectivity index (χ1n) is 5.62. The number of nitrogens with two attached hydrogens (primary N) is 1. The Morgan fingerprint density at radius 2 is 1.89 bits per heavy atom. The summed E-state index contributed by atoms with van der Waals surface area (Å²) in [6.07, 6.45) is -7.12. The van der Waals surface area contributed by atoms with E-state index in [-0.39, 0.29) is 6.42 Å². The second-order valence-corrected chi connectivity index (χ2v) is 4.10. The Hall–Kier alpha value is -1.60. The van der Waals surface area contributed by atoms with Crippen LogP contribution in [-0.4, -0.2) is 35.9 Å². The number of amides is 1. The van der Waals surface area contributed by atoms with Gasteiger partial charge in [0.05, 0.1) is 12.6 Å². The van der Waals surface area contributed by atoms with Crippen LogP contribution in [0, 0.1) is 0 Å². The van der Waals surface area contributed by atoms with E-state index in [0.29, 0.717) is 0 Å². The largest absolute Gasteiger partial charge is 0.416 e. The number of aliphatic hydroxyl groups excluding tert-OH is 1. The van der Waals surface area contributed by atoms with Gasteiger partial charge in [0.2, 0.25) is 5.91 Å². The molecule has 2 atom stereocenters. The fraction of sp³-hybridized carbons (Fsp3) is 0.417. The molecule has 1 amide bonds. The Kier molecular flexibility index (Phi) is 5.31. The standard InChI is InChI=1S/C12H15F3N2O2/c13-12(14,15)10(18)7-17-11(19)9(16)6-8-4-2-1-3-5-8/h1-5,9-10,18H,6-7,16H2,(H,17,19)/t9-,10?/m0/s1. The van der Waals surface area contributed by atoms with Gasteiger partial charge in [-0.25, -0.2) is 0 Å². The van der Waals surface area contributed by atoms with E-state index in [0.717, 1.165) is 5.56 Å². The van der Waals surface area contributed by atoms with Crippen molar-refractivity contribution in [2.45, 2.75) is 24.7 Å². The SMILES string of the molecule is N[C@@H](Cc1ccccc1)C(=O)NCC(O)C(F)(F)F. The fourth-order valence-electron chi connectivity index (χ4n) is 1.40. The summed E-state index contributed by atoms with van der Waals surface area (Å²) in [6, 6.07) is 7.91. The van der Waals surface area contributed by atoms with Gasteiger partial charge < -0.3 is 16.2 Å². The average Bonchev–Trinajstić information content (AvgIpc) is 2.35. The maximum Gasteiger partial charge on any atom is 0.416 e. The molecule has 106 valence electrons. The van der Waals surface area contributed by atoms with Crippen molar-refractivity contribution in [1.82, 2.24) is 5.32 Å². The van der Waals surface area contributed by atoms with E-state index in [9.17, 15) is 18.0 Å². The molecule has 0 aromatic heterocycles. The molecule has 0 bridgehead atoms. The van der Waals surface area contributed by atoms with Gasteiger partial charge in [0.15, 0.2) is 6.10 Å². The van der Waals surface area contributed by atoms with Crippen molar-refractivity contribution in [2.75, 3.05) is 6.54 Å².